The molecule has 2 heteroatoms. The quantitative estimate of drug-likeness (QED) is 0.797. The third-order valence-electron chi connectivity index (χ3n) is 3.51. The maximum Gasteiger partial charge on any atom is 0.0626 e. The van der Waals surface area contributed by atoms with Gasteiger partial charge in [0.15, 0.2) is 0 Å². The highest BCUT2D eigenvalue weighted by atomic mass is 16.3. The van der Waals surface area contributed by atoms with Crippen molar-refractivity contribution in [3.63, 3.8) is 0 Å². The van der Waals surface area contributed by atoms with Crippen LogP contribution in [0.1, 0.15) is 37.3 Å². The van der Waals surface area contributed by atoms with Gasteiger partial charge >= 0.3 is 0 Å². The monoisotopic (exact) mass is 219 g/mol. The summed E-state index contributed by atoms with van der Waals surface area (Å²) in [5, 5.41) is 12.9. The number of rotatable bonds is 5. The Bertz CT molecular complexity index is 293. The molecule has 0 bridgehead atoms. The summed E-state index contributed by atoms with van der Waals surface area (Å²) in [7, 11) is 0. The van der Waals surface area contributed by atoms with E-state index in [0.717, 1.165) is 12.5 Å². The van der Waals surface area contributed by atoms with Crippen molar-refractivity contribution in [3.8, 4) is 0 Å². The summed E-state index contributed by atoms with van der Waals surface area (Å²) in [5.74, 6) is 0.817. The van der Waals surface area contributed by atoms with Crippen LogP contribution in [0.25, 0.3) is 0 Å². The minimum absolute atomic E-state index is 0.0989. The van der Waals surface area contributed by atoms with E-state index in [0.29, 0.717) is 0 Å². The van der Waals surface area contributed by atoms with E-state index in [1.165, 1.54) is 31.2 Å². The van der Waals surface area contributed by atoms with Gasteiger partial charge in [-0.15, -0.1) is 0 Å². The van der Waals surface area contributed by atoms with Gasteiger partial charge in [-0.25, -0.2) is 0 Å². The first-order chi connectivity index (χ1) is 7.90. The maximum atomic E-state index is 9.39. The zero-order valence-electron chi connectivity index (χ0n) is 9.73. The predicted octanol–water partition coefficient (Wildman–Crippen LogP) is 2.50. The van der Waals surface area contributed by atoms with Gasteiger partial charge in [-0.05, 0) is 30.9 Å². The summed E-state index contributed by atoms with van der Waals surface area (Å²) < 4.78 is 0. The van der Waals surface area contributed by atoms with Crippen molar-refractivity contribution in [2.24, 2.45) is 5.92 Å². The first kappa shape index (κ1) is 11.6. The Morgan fingerprint density at radius 3 is 2.50 bits per heavy atom. The summed E-state index contributed by atoms with van der Waals surface area (Å²) >= 11 is 0. The summed E-state index contributed by atoms with van der Waals surface area (Å²) in [4.78, 5) is 0. The Labute approximate surface area is 97.7 Å². The van der Waals surface area contributed by atoms with Crippen molar-refractivity contribution in [3.05, 3.63) is 35.9 Å². The number of aliphatic hydroxyl groups excluding tert-OH is 1. The van der Waals surface area contributed by atoms with Crippen LogP contribution in [-0.2, 0) is 0 Å². The SMILES string of the molecule is OCC(NCC1CCCC1)c1ccccc1. The average molecular weight is 219 g/mol. The molecule has 0 heterocycles. The smallest absolute Gasteiger partial charge is 0.0626 e. The normalized spacial score (nSPS) is 18.8. The Morgan fingerprint density at radius 2 is 1.88 bits per heavy atom. The molecule has 1 aliphatic carbocycles. The maximum absolute atomic E-state index is 9.39. The first-order valence-electron chi connectivity index (χ1n) is 6.29. The van der Waals surface area contributed by atoms with Crippen LogP contribution in [-0.4, -0.2) is 18.3 Å². The van der Waals surface area contributed by atoms with Gasteiger partial charge in [0.1, 0.15) is 0 Å². The van der Waals surface area contributed by atoms with E-state index < -0.39 is 0 Å². The number of hydrogen-bond donors (Lipinski definition) is 2. The van der Waals surface area contributed by atoms with Crippen molar-refractivity contribution in [2.75, 3.05) is 13.2 Å². The Kier molecular flexibility index (Phi) is 4.37. The average Bonchev–Trinajstić information content (AvgIpc) is 2.84. The van der Waals surface area contributed by atoms with Crippen LogP contribution in [0.4, 0.5) is 0 Å². The molecule has 1 aromatic carbocycles. The van der Waals surface area contributed by atoms with E-state index in [-0.39, 0.29) is 12.6 Å². The topological polar surface area (TPSA) is 32.3 Å². The number of nitrogens with one attached hydrogen (secondary N) is 1. The number of aliphatic hydroxyl groups is 1. The summed E-state index contributed by atoms with van der Waals surface area (Å²) in [6, 6.07) is 10.3. The van der Waals surface area contributed by atoms with Gasteiger partial charge in [-0.1, -0.05) is 43.2 Å². The van der Waals surface area contributed by atoms with Crippen molar-refractivity contribution >= 4 is 0 Å². The molecule has 0 amide bonds. The predicted molar refractivity (Wildman–Crippen MR) is 66.2 cm³/mol. The molecule has 1 fully saturated rings. The molecule has 1 atom stereocenters. The van der Waals surface area contributed by atoms with E-state index >= 15 is 0 Å². The van der Waals surface area contributed by atoms with Crippen molar-refractivity contribution in [2.45, 2.75) is 31.7 Å². The van der Waals surface area contributed by atoms with Crippen LogP contribution < -0.4 is 5.32 Å². The van der Waals surface area contributed by atoms with E-state index in [1.807, 2.05) is 18.2 Å². The van der Waals surface area contributed by atoms with E-state index in [1.54, 1.807) is 0 Å². The fourth-order valence-electron chi connectivity index (χ4n) is 2.50. The zero-order valence-corrected chi connectivity index (χ0v) is 9.73. The molecular formula is C14H21NO. The molecule has 1 aliphatic rings. The van der Waals surface area contributed by atoms with Crippen LogP contribution in [0.5, 0.6) is 0 Å². The Morgan fingerprint density at radius 1 is 1.19 bits per heavy atom. The summed E-state index contributed by atoms with van der Waals surface area (Å²) in [6.45, 7) is 1.22. The van der Waals surface area contributed by atoms with Crippen molar-refractivity contribution in [1.82, 2.24) is 5.32 Å². The van der Waals surface area contributed by atoms with E-state index in [4.69, 9.17) is 0 Å². The lowest BCUT2D eigenvalue weighted by molar-refractivity contribution is 0.239. The van der Waals surface area contributed by atoms with Gasteiger partial charge in [0, 0.05) is 0 Å². The molecule has 1 aromatic rings. The molecule has 0 radical (unpaired) electrons. The molecule has 16 heavy (non-hydrogen) atoms. The van der Waals surface area contributed by atoms with Gasteiger partial charge in [-0.3, -0.25) is 0 Å². The highest BCUT2D eigenvalue weighted by Crippen LogP contribution is 2.24. The molecule has 2 nitrogen and oxygen atoms in total. The summed E-state index contributed by atoms with van der Waals surface area (Å²) in [5.41, 5.74) is 1.18. The van der Waals surface area contributed by atoms with Crippen LogP contribution in [0.3, 0.4) is 0 Å². The van der Waals surface area contributed by atoms with Crippen molar-refractivity contribution < 1.29 is 5.11 Å². The largest absolute Gasteiger partial charge is 0.394 e. The minimum atomic E-state index is 0.0989. The lowest BCUT2D eigenvalue weighted by Crippen LogP contribution is -2.28. The molecule has 1 unspecified atom stereocenters. The Hall–Kier alpha value is -0.860. The molecule has 88 valence electrons. The second kappa shape index (κ2) is 6.02. The van der Waals surface area contributed by atoms with Crippen LogP contribution >= 0.6 is 0 Å². The molecule has 0 saturated heterocycles. The minimum Gasteiger partial charge on any atom is -0.394 e. The number of benzene rings is 1. The van der Waals surface area contributed by atoms with Gasteiger partial charge in [0.05, 0.1) is 12.6 Å². The molecule has 1 saturated carbocycles. The van der Waals surface area contributed by atoms with Gasteiger partial charge in [0.25, 0.3) is 0 Å². The van der Waals surface area contributed by atoms with E-state index in [9.17, 15) is 5.11 Å². The zero-order chi connectivity index (χ0) is 11.2. The Balaban J connectivity index is 1.85. The van der Waals surface area contributed by atoms with Gasteiger partial charge in [-0.2, -0.15) is 0 Å². The molecule has 0 aliphatic heterocycles. The van der Waals surface area contributed by atoms with Gasteiger partial charge in [0.2, 0.25) is 0 Å². The molecule has 0 aromatic heterocycles. The van der Waals surface area contributed by atoms with E-state index in [2.05, 4.69) is 17.4 Å². The lowest BCUT2D eigenvalue weighted by atomic mass is 10.1. The molecule has 2 N–H and O–H groups in total. The highest BCUT2D eigenvalue weighted by Gasteiger charge is 2.17. The second-order valence-electron chi connectivity index (χ2n) is 4.70. The van der Waals surface area contributed by atoms with Crippen LogP contribution in [0.15, 0.2) is 30.3 Å². The second-order valence-corrected chi connectivity index (χ2v) is 4.70. The highest BCUT2D eigenvalue weighted by molar-refractivity contribution is 5.18. The third kappa shape index (κ3) is 3.06. The lowest BCUT2D eigenvalue weighted by Gasteiger charge is -2.19. The molecule has 2 rings (SSSR count). The van der Waals surface area contributed by atoms with Crippen LogP contribution in [0, 0.1) is 5.92 Å². The van der Waals surface area contributed by atoms with Crippen LogP contribution in [0.2, 0.25) is 0 Å². The fraction of sp³-hybridized carbons (Fsp3) is 0.571. The summed E-state index contributed by atoms with van der Waals surface area (Å²) in [6.07, 6.45) is 5.45. The third-order valence-corrected chi connectivity index (χ3v) is 3.51. The fourth-order valence-corrected chi connectivity index (χ4v) is 2.50. The number of hydrogen-bond acceptors (Lipinski definition) is 2. The molecule has 0 spiro atoms. The first-order valence-corrected chi connectivity index (χ1v) is 6.29. The standard InChI is InChI=1S/C14H21NO/c16-11-14(13-8-2-1-3-9-13)15-10-12-6-4-5-7-12/h1-3,8-9,12,14-16H,4-7,10-11H2. The molecular weight excluding hydrogens is 198 g/mol. The van der Waals surface area contributed by atoms with Gasteiger partial charge < -0.3 is 10.4 Å². The van der Waals surface area contributed by atoms with Crippen molar-refractivity contribution in [1.29, 1.82) is 0 Å².